The Kier molecular flexibility index (Phi) is 39.1. The number of carbonyl (C=O) groups is 10. The number of nitrogens with zero attached hydrogens (tertiary/aromatic N) is 11. The number of urea groups is 1. The van der Waals surface area contributed by atoms with Crippen LogP contribution >= 0.6 is 11.8 Å². The second kappa shape index (κ2) is 51.5. The SMILES string of the molecule is CC(=O)N[C@H](C(=O)N[C@@H](CCCNC(N)=O)C(=O)Nc1ccc(COC(=O)N(C)CCN(C)C(=O)OC[C@H]2O[C@@H](S[C@@H]3O[C@H](COC(=O)CCC(=O)O)[C@H](O)[C@H](n4cc(-c5cccc(F)c5)nn4)[C@H]3O)[C@H](O)[C@@H](n3cc(-c4cccc(F)c4)nn3)[C@H]2O)cc1)C(C)C.[3H]n1nnc2c1-c1ccccc1CN(C(=O)CCC(=O)NCCOCCOCCOCCOCCC)c1ccccc1-2. The minimum atomic E-state index is -1.77. The minimum absolute atomic E-state index is 0.0435. The van der Waals surface area contributed by atoms with E-state index in [9.17, 15) is 77.2 Å². The van der Waals surface area contributed by atoms with Gasteiger partial charge in [-0.25, -0.2) is 32.5 Å². The Hall–Kier alpha value is -12.6. The van der Waals surface area contributed by atoms with Gasteiger partial charge in [0, 0.05) is 94.6 Å². The number of esters is 1. The number of amides is 9. The van der Waals surface area contributed by atoms with E-state index in [-0.39, 0.29) is 86.6 Å². The third kappa shape index (κ3) is 30.5. The van der Waals surface area contributed by atoms with E-state index in [2.05, 4.69) is 64.4 Å². The summed E-state index contributed by atoms with van der Waals surface area (Å²) in [6.07, 6.45) is -8.66. The van der Waals surface area contributed by atoms with Crippen molar-refractivity contribution in [1.82, 2.24) is 76.5 Å². The Morgan fingerprint density at radius 1 is 0.632 bits per heavy atom. The third-order valence-corrected chi connectivity index (χ3v) is 22.5. The second-order valence-corrected chi connectivity index (χ2v) is 32.6. The Balaban J connectivity index is 0.000000367. The van der Waals surface area contributed by atoms with Gasteiger partial charge in [-0.3, -0.25) is 38.7 Å². The molecule has 3 aliphatic rings. The summed E-state index contributed by atoms with van der Waals surface area (Å²) in [7, 11) is 2.78. The maximum Gasteiger partial charge on any atom is 0.409 e. The molecule has 0 saturated carbocycles. The van der Waals surface area contributed by atoms with Crippen LogP contribution < -0.4 is 37.2 Å². The molecule has 9 amide bonds. The third-order valence-electron chi connectivity index (χ3n) is 21.2. The standard InChI is InChI=1S/C58H73F2N13O18S.C30H39N5O6/c1-30(2)45(63-31(3)74)53(83)65-38(13-8-20-62-56(61)84)52(82)64-37-16-14-32(15-17-37)27-88-57(85)70(4)21-22-71(5)58(86)89-29-42-49(79)47(73-26-40(67-69-73)34-10-7-12-36(60)24-34)51(81)55(91-42)92-54-50(80)46(48(78)41(90-54)28-87-44(77)19-18-43(75)76)72-25-39(66-68-72)33-9-6-11-35(59)23-33;1-2-14-38-16-18-40-20-21-41-19-17-39-15-13-31-27(36)11-12-28(37)35-22-23-7-3-4-8-24(23)29-30(33-34-32-29)25-9-5-6-10-26(25)35/h6-7,9-12,14-17,23-26,30,38,41-42,45-51,54-55,78-81H,8,13,18-22,27-29H2,1-5H3,(H,63,74)(H,64,82)(H,65,83)(H,75,76)(H3,61,62,84);3-10H,2,11-22H2,1H3,(H,31,36)(H,32,33,34)/t38-,41+,42+,45-,46-,47-,48-,49-,50+,51+,54-,55-;/m0./s1/i/hT. The van der Waals surface area contributed by atoms with Crippen LogP contribution in [0.25, 0.3) is 45.0 Å². The maximum absolute atomic E-state index is 14.3. The van der Waals surface area contributed by atoms with Crippen LogP contribution in [-0.4, -0.2) is 306 Å². The highest BCUT2D eigenvalue weighted by molar-refractivity contribution is 8.00. The molecular formula is C88H112F2N18O24S. The molecule has 8 aromatic rings. The number of carboxylic acid groups (broad SMARTS) is 1. The van der Waals surface area contributed by atoms with E-state index in [1.165, 1.54) is 74.7 Å². The number of likely N-dealkylation sites (N-methyl/N-ethyl adjacent to an activating group) is 2. The highest BCUT2D eigenvalue weighted by Crippen LogP contribution is 2.44. The number of fused-ring (bicyclic) bond motifs is 5. The molecule has 45 heteroatoms. The molecule has 0 bridgehead atoms. The van der Waals surface area contributed by atoms with E-state index in [1.807, 2.05) is 48.5 Å². The number of nitrogens with two attached hydrogens (primary N) is 1. The molecule has 2 fully saturated rings. The quantitative estimate of drug-likeness (QED) is 0.0135. The molecule has 11 rings (SSSR count). The topological polar surface area (TPSA) is 554 Å². The summed E-state index contributed by atoms with van der Waals surface area (Å²) in [5.41, 5.74) is 7.96. The Labute approximate surface area is 769 Å². The molecular weight excluding hydrogens is 1760 g/mol. The van der Waals surface area contributed by atoms with Gasteiger partial charge in [-0.05, 0) is 78.8 Å². The number of hydrogen-bond acceptors (Lipinski definition) is 30. The number of hydrogen-bond donors (Lipinski definition) is 12. The first-order valence-corrected chi connectivity index (χ1v) is 44.0. The van der Waals surface area contributed by atoms with Crippen LogP contribution in [0.15, 0.2) is 134 Å². The first kappa shape index (κ1) is 101. The molecule has 5 aromatic carbocycles. The molecule has 3 aromatic heterocycles. The number of primary amides is 1. The van der Waals surface area contributed by atoms with Gasteiger partial charge in [-0.2, -0.15) is 0 Å². The number of aliphatic carboxylic acids is 1. The van der Waals surface area contributed by atoms with Crippen molar-refractivity contribution in [3.63, 3.8) is 0 Å². The van der Waals surface area contributed by atoms with Crippen molar-refractivity contribution in [3.8, 4) is 45.0 Å². The molecule has 2 saturated heterocycles. The largest absolute Gasteiger partial charge is 0.481 e. The number of aliphatic hydroxyl groups excluding tert-OH is 4. The molecule has 0 spiro atoms. The van der Waals surface area contributed by atoms with Crippen molar-refractivity contribution in [2.75, 3.05) is 117 Å². The van der Waals surface area contributed by atoms with Crippen LogP contribution in [-0.2, 0) is 89.3 Å². The Morgan fingerprint density at radius 2 is 1.19 bits per heavy atom. The Morgan fingerprint density at radius 3 is 1.75 bits per heavy atom. The molecule has 12 atom stereocenters. The van der Waals surface area contributed by atoms with E-state index in [4.69, 9.17) is 54.9 Å². The first-order chi connectivity index (χ1) is 64.4. The highest BCUT2D eigenvalue weighted by atomic mass is 32.2. The fraction of sp³-hybridized carbons (Fsp3) is 0.477. The molecule has 0 unspecified atom stereocenters. The average Bonchev–Trinajstić information content (AvgIpc) is 1.70. The number of thioether (sulfide) groups is 1. The number of H-pyrrole nitrogens is 1. The number of aliphatic hydroxyl groups is 4. The molecule has 0 radical (unpaired) electrons. The summed E-state index contributed by atoms with van der Waals surface area (Å²) in [5.74, 6) is -5.71. The number of carboxylic acids is 1. The monoisotopic (exact) mass is 1880 g/mol. The van der Waals surface area contributed by atoms with Crippen molar-refractivity contribution >= 4 is 82.8 Å². The zero-order valence-corrected chi connectivity index (χ0v) is 74.9. The summed E-state index contributed by atoms with van der Waals surface area (Å²) >= 11 is 0.638. The number of ether oxygens (including phenoxy) is 9. The number of aromatic nitrogens is 9. The lowest BCUT2D eigenvalue weighted by molar-refractivity contribution is -0.194. The predicted molar refractivity (Wildman–Crippen MR) is 473 cm³/mol. The van der Waals surface area contributed by atoms with Crippen LogP contribution in [0.4, 0.5) is 34.5 Å². The molecule has 13 N–H and O–H groups in total. The van der Waals surface area contributed by atoms with Crippen molar-refractivity contribution in [1.29, 1.82) is 0 Å². The summed E-state index contributed by atoms with van der Waals surface area (Å²) in [6.45, 7) is 9.92. The number of halogens is 2. The van der Waals surface area contributed by atoms with Crippen LogP contribution in [0.2, 0.25) is 1.41 Å². The van der Waals surface area contributed by atoms with Crippen molar-refractivity contribution in [2.24, 2.45) is 11.7 Å². The number of rotatable bonds is 45. The summed E-state index contributed by atoms with van der Waals surface area (Å²) < 4.78 is 89.5. The van der Waals surface area contributed by atoms with E-state index in [1.54, 1.807) is 55.1 Å². The van der Waals surface area contributed by atoms with Gasteiger partial charge in [-0.15, -0.1) is 15.3 Å². The highest BCUT2D eigenvalue weighted by Gasteiger charge is 2.53. The Bertz CT molecular complexity index is 5240. The van der Waals surface area contributed by atoms with E-state index >= 15 is 0 Å². The lowest BCUT2D eigenvalue weighted by Gasteiger charge is -2.46. The summed E-state index contributed by atoms with van der Waals surface area (Å²) in [5, 5.41) is 95.8. The molecule has 133 heavy (non-hydrogen) atoms. The fourth-order valence-electron chi connectivity index (χ4n) is 14.1. The molecule has 6 heterocycles. The van der Waals surface area contributed by atoms with E-state index in [0.717, 1.165) is 43.5 Å². The van der Waals surface area contributed by atoms with Gasteiger partial charge in [0.05, 0.1) is 89.4 Å². The van der Waals surface area contributed by atoms with Gasteiger partial charge in [0.25, 0.3) is 0 Å². The van der Waals surface area contributed by atoms with Crippen LogP contribution in [0.1, 0.15) is 95.9 Å². The van der Waals surface area contributed by atoms with Gasteiger partial charge in [0.15, 0.2) is 1.41 Å². The molecule has 0 aliphatic carbocycles. The number of para-hydroxylation sites is 1. The van der Waals surface area contributed by atoms with E-state index < -0.39 is 157 Å². The van der Waals surface area contributed by atoms with Gasteiger partial charge in [0.2, 0.25) is 29.5 Å². The normalized spacial score (nSPS) is 19.0. The zero-order valence-electron chi connectivity index (χ0n) is 75.1. The minimum Gasteiger partial charge on any atom is -0.481 e. The van der Waals surface area contributed by atoms with Crippen molar-refractivity contribution < 1.29 is 126 Å². The fourth-order valence-corrected chi connectivity index (χ4v) is 15.5. The smallest absolute Gasteiger partial charge is 0.409 e. The molecule has 3 aliphatic heterocycles. The molecule has 42 nitrogen and oxygen atoms in total. The van der Waals surface area contributed by atoms with Gasteiger partial charge >= 0.3 is 30.2 Å². The maximum atomic E-state index is 14.3. The number of nitrogens with one attached hydrogen (secondary N) is 6. The number of benzene rings is 5. The van der Waals surface area contributed by atoms with Crippen LogP contribution in [0, 0.1) is 17.6 Å². The zero-order chi connectivity index (χ0) is 96.5. The first-order valence-electron chi connectivity index (χ1n) is 43.5. The van der Waals surface area contributed by atoms with Crippen molar-refractivity contribution in [3.05, 3.63) is 156 Å². The van der Waals surface area contributed by atoms with Gasteiger partial charge in [0.1, 0.15) is 120 Å². The molecule has 718 valence electrons. The van der Waals surface area contributed by atoms with Crippen molar-refractivity contribution in [2.45, 2.75) is 157 Å². The number of carbonyl (C=O) groups excluding carboxylic acids is 9. The summed E-state index contributed by atoms with van der Waals surface area (Å²) in [4.78, 5) is 130. The summed E-state index contributed by atoms with van der Waals surface area (Å²) in [6, 6.07) is 26.4. The number of anilines is 2. The average molecular weight is 1880 g/mol. The number of aromatic amines is 1. The van der Waals surface area contributed by atoms with E-state index in [0.29, 0.717) is 111 Å². The predicted octanol–water partition coefficient (Wildman–Crippen LogP) is 5.03. The lowest BCUT2D eigenvalue weighted by atomic mass is 9.95. The lowest BCUT2D eigenvalue weighted by Crippen LogP contribution is -2.58. The van der Waals surface area contributed by atoms with Gasteiger partial charge in [-0.1, -0.05) is 127 Å². The second-order valence-electron chi connectivity index (χ2n) is 31.4. The van der Waals surface area contributed by atoms with Crippen LogP contribution in [0.3, 0.4) is 0 Å². The van der Waals surface area contributed by atoms with Gasteiger partial charge < -0.3 is 115 Å². The van der Waals surface area contributed by atoms with Crippen LogP contribution in [0.5, 0.6) is 0 Å².